The van der Waals surface area contributed by atoms with E-state index in [0.717, 1.165) is 5.56 Å². The van der Waals surface area contributed by atoms with Gasteiger partial charge in [-0.3, -0.25) is 14.5 Å². The fraction of sp³-hybridized carbons (Fsp3) is 0.333. The summed E-state index contributed by atoms with van der Waals surface area (Å²) in [7, 11) is -7.39. The lowest BCUT2D eigenvalue weighted by atomic mass is 10.0. The Morgan fingerprint density at radius 2 is 1.72 bits per heavy atom. The minimum absolute atomic E-state index is 0.00119. The van der Waals surface area contributed by atoms with Gasteiger partial charge in [0, 0.05) is 18.7 Å². The molecule has 11 heteroatoms. The quantitative estimate of drug-likeness (QED) is 0.490. The fourth-order valence-corrected chi connectivity index (χ4v) is 5.43. The highest BCUT2D eigenvalue weighted by molar-refractivity contribution is 7.90. The first-order valence-corrected chi connectivity index (χ1v) is 13.0. The van der Waals surface area contributed by atoms with Gasteiger partial charge in [-0.15, -0.1) is 0 Å². The standard InChI is InChI=1S/C21H26N4O5S2/c1-14(2)19(24-20-17-6-4-5-7-18(17)32(29,30)25-20)21(26)22-12-13-23-31(27,28)16-10-8-15(3)9-11-16/h4-11,14,19,23H,12-13H2,1-3H3,(H,22,26)(H,24,25)/t19-/m0/s1. The number of amidine groups is 1. The molecule has 0 aromatic heterocycles. The van der Waals surface area contributed by atoms with Crippen molar-refractivity contribution in [2.75, 3.05) is 13.1 Å². The molecule has 0 spiro atoms. The average molecular weight is 479 g/mol. The number of aliphatic imine (C=N–C) groups is 1. The summed E-state index contributed by atoms with van der Waals surface area (Å²) in [5, 5.41) is 2.67. The number of fused-ring (bicyclic) bond motifs is 1. The first-order valence-electron chi connectivity index (χ1n) is 10.1. The van der Waals surface area contributed by atoms with E-state index < -0.39 is 32.0 Å². The predicted molar refractivity (Wildman–Crippen MR) is 121 cm³/mol. The molecular formula is C21H26N4O5S2. The van der Waals surface area contributed by atoms with Crippen molar-refractivity contribution in [3.63, 3.8) is 0 Å². The number of benzene rings is 2. The fourth-order valence-electron chi connectivity index (χ4n) is 3.16. The van der Waals surface area contributed by atoms with Crippen LogP contribution in [0.25, 0.3) is 0 Å². The van der Waals surface area contributed by atoms with Crippen molar-refractivity contribution in [3.05, 3.63) is 59.7 Å². The van der Waals surface area contributed by atoms with E-state index in [9.17, 15) is 21.6 Å². The Hall–Kier alpha value is -2.76. The zero-order chi connectivity index (χ0) is 23.5. The molecule has 1 aliphatic heterocycles. The number of carbonyl (C=O) groups excluding carboxylic acids is 1. The largest absolute Gasteiger partial charge is 0.353 e. The smallest absolute Gasteiger partial charge is 0.263 e. The third-order valence-corrected chi connectivity index (χ3v) is 7.75. The highest BCUT2D eigenvalue weighted by atomic mass is 32.2. The Morgan fingerprint density at radius 1 is 1.06 bits per heavy atom. The third-order valence-electron chi connectivity index (χ3n) is 4.88. The van der Waals surface area contributed by atoms with Gasteiger partial charge in [-0.05, 0) is 37.1 Å². The predicted octanol–water partition coefficient (Wildman–Crippen LogP) is 1.15. The summed E-state index contributed by atoms with van der Waals surface area (Å²) in [6.07, 6.45) is 0. The van der Waals surface area contributed by atoms with Gasteiger partial charge in [0.2, 0.25) is 15.9 Å². The molecule has 0 fully saturated rings. The summed E-state index contributed by atoms with van der Waals surface area (Å²) >= 11 is 0. The van der Waals surface area contributed by atoms with Gasteiger partial charge in [-0.1, -0.05) is 43.7 Å². The number of carbonyl (C=O) groups is 1. The Kier molecular flexibility index (Phi) is 7.01. The maximum absolute atomic E-state index is 12.7. The molecule has 3 rings (SSSR count). The molecule has 172 valence electrons. The van der Waals surface area contributed by atoms with E-state index in [1.165, 1.54) is 18.2 Å². The van der Waals surface area contributed by atoms with E-state index in [4.69, 9.17) is 0 Å². The van der Waals surface area contributed by atoms with Crippen LogP contribution in [0.4, 0.5) is 0 Å². The second-order valence-electron chi connectivity index (χ2n) is 7.77. The number of aryl methyl sites for hydroxylation is 1. The Balaban J connectivity index is 1.64. The molecule has 0 unspecified atom stereocenters. The van der Waals surface area contributed by atoms with Crippen LogP contribution < -0.4 is 14.8 Å². The van der Waals surface area contributed by atoms with Crippen molar-refractivity contribution in [1.82, 2.24) is 14.8 Å². The van der Waals surface area contributed by atoms with Crippen LogP contribution in [0.2, 0.25) is 0 Å². The topological polar surface area (TPSA) is 134 Å². The van der Waals surface area contributed by atoms with Crippen molar-refractivity contribution in [3.8, 4) is 0 Å². The van der Waals surface area contributed by atoms with Gasteiger partial charge < -0.3 is 5.32 Å². The lowest BCUT2D eigenvalue weighted by molar-refractivity contribution is -0.123. The van der Waals surface area contributed by atoms with E-state index in [-0.39, 0.29) is 34.6 Å². The normalized spacial score (nSPS) is 17.1. The Labute approximate surface area is 188 Å². The number of rotatable bonds is 8. The van der Waals surface area contributed by atoms with Crippen molar-refractivity contribution in [2.45, 2.75) is 36.6 Å². The maximum Gasteiger partial charge on any atom is 0.263 e. The first kappa shape index (κ1) is 23.9. The molecule has 0 radical (unpaired) electrons. The highest BCUT2D eigenvalue weighted by Gasteiger charge is 2.32. The van der Waals surface area contributed by atoms with Crippen LogP contribution in [0.1, 0.15) is 25.0 Å². The Morgan fingerprint density at radius 3 is 2.38 bits per heavy atom. The summed E-state index contributed by atoms with van der Waals surface area (Å²) in [4.78, 5) is 17.3. The summed E-state index contributed by atoms with van der Waals surface area (Å²) in [5.74, 6) is -0.524. The van der Waals surface area contributed by atoms with Crippen molar-refractivity contribution in [1.29, 1.82) is 0 Å². The molecule has 0 saturated carbocycles. The lowest BCUT2D eigenvalue weighted by Crippen LogP contribution is -2.42. The molecule has 3 N–H and O–H groups in total. The van der Waals surface area contributed by atoms with Gasteiger partial charge in [0.15, 0.2) is 0 Å². The SMILES string of the molecule is Cc1ccc(S(=O)(=O)NCCNC(=O)[C@@H](N=C2NS(=O)(=O)c3ccccc32)C(C)C)cc1. The second-order valence-corrected chi connectivity index (χ2v) is 11.2. The summed E-state index contributed by atoms with van der Waals surface area (Å²) < 4.78 is 54.0. The molecule has 0 saturated heterocycles. The summed E-state index contributed by atoms with van der Waals surface area (Å²) in [6.45, 7) is 5.51. The Bertz CT molecular complexity index is 1240. The lowest BCUT2D eigenvalue weighted by Gasteiger charge is -2.17. The van der Waals surface area contributed by atoms with Crippen LogP contribution in [0, 0.1) is 12.8 Å². The van der Waals surface area contributed by atoms with E-state index >= 15 is 0 Å². The molecule has 0 bridgehead atoms. The van der Waals surface area contributed by atoms with Crippen LogP contribution in [-0.4, -0.2) is 47.7 Å². The number of hydrogen-bond acceptors (Lipinski definition) is 6. The number of nitrogens with one attached hydrogen (secondary N) is 3. The molecular weight excluding hydrogens is 452 g/mol. The highest BCUT2D eigenvalue weighted by Crippen LogP contribution is 2.23. The van der Waals surface area contributed by atoms with Crippen LogP contribution in [0.5, 0.6) is 0 Å². The van der Waals surface area contributed by atoms with Crippen LogP contribution in [0.3, 0.4) is 0 Å². The molecule has 9 nitrogen and oxygen atoms in total. The van der Waals surface area contributed by atoms with Gasteiger partial charge >= 0.3 is 0 Å². The minimum Gasteiger partial charge on any atom is -0.353 e. The number of amides is 1. The van der Waals surface area contributed by atoms with Crippen molar-refractivity contribution in [2.24, 2.45) is 10.9 Å². The molecule has 1 amide bonds. The molecule has 0 aliphatic carbocycles. The zero-order valence-corrected chi connectivity index (χ0v) is 19.6. The first-order chi connectivity index (χ1) is 15.0. The van der Waals surface area contributed by atoms with E-state index in [1.807, 2.05) is 6.92 Å². The van der Waals surface area contributed by atoms with Crippen LogP contribution in [-0.2, 0) is 24.8 Å². The van der Waals surface area contributed by atoms with E-state index in [1.54, 1.807) is 44.2 Å². The molecule has 32 heavy (non-hydrogen) atoms. The molecule has 1 atom stereocenters. The van der Waals surface area contributed by atoms with E-state index in [2.05, 4.69) is 19.8 Å². The van der Waals surface area contributed by atoms with Gasteiger partial charge in [-0.25, -0.2) is 21.6 Å². The van der Waals surface area contributed by atoms with E-state index in [0.29, 0.717) is 5.56 Å². The summed E-state index contributed by atoms with van der Waals surface area (Å²) in [6, 6.07) is 12.0. The van der Waals surface area contributed by atoms with Crippen molar-refractivity contribution >= 4 is 31.8 Å². The zero-order valence-electron chi connectivity index (χ0n) is 18.0. The average Bonchev–Trinajstić information content (AvgIpc) is 2.99. The third kappa shape index (κ3) is 5.34. The van der Waals surface area contributed by atoms with Gasteiger partial charge in [0.05, 0.1) is 9.79 Å². The summed E-state index contributed by atoms with van der Waals surface area (Å²) in [5.41, 5.74) is 1.36. The number of hydrogen-bond donors (Lipinski definition) is 3. The van der Waals surface area contributed by atoms with Gasteiger partial charge in [0.1, 0.15) is 11.9 Å². The second kappa shape index (κ2) is 9.39. The molecule has 1 aliphatic rings. The maximum atomic E-state index is 12.7. The van der Waals surface area contributed by atoms with Gasteiger partial charge in [-0.2, -0.15) is 0 Å². The monoisotopic (exact) mass is 478 g/mol. The molecule has 2 aromatic rings. The molecule has 1 heterocycles. The van der Waals surface area contributed by atoms with Crippen molar-refractivity contribution < 1.29 is 21.6 Å². The van der Waals surface area contributed by atoms with Crippen LogP contribution in [0.15, 0.2) is 63.3 Å². The number of sulfonamides is 2. The number of nitrogens with zero attached hydrogens (tertiary/aromatic N) is 1. The minimum atomic E-state index is -3.71. The molecule has 2 aromatic carbocycles. The van der Waals surface area contributed by atoms with Gasteiger partial charge in [0.25, 0.3) is 10.0 Å². The van der Waals surface area contributed by atoms with Crippen LogP contribution >= 0.6 is 0 Å².